The van der Waals surface area contributed by atoms with Crippen LogP contribution < -0.4 is 42.5 Å². The maximum atomic E-state index is 13.4. The maximum Gasteiger partial charge on any atom is 0.321 e. The summed E-state index contributed by atoms with van der Waals surface area (Å²) in [6.07, 6.45) is 26.9. The van der Waals surface area contributed by atoms with Gasteiger partial charge in [-0.2, -0.15) is 0 Å². The number of aryl methyl sites for hydroxylation is 3. The van der Waals surface area contributed by atoms with E-state index in [0.29, 0.717) is 124 Å². The molecule has 0 unspecified atom stereocenters. The lowest BCUT2D eigenvalue weighted by Crippen LogP contribution is -2.28. The number of hydrogen-bond acceptors (Lipinski definition) is 19. The Labute approximate surface area is 675 Å². The van der Waals surface area contributed by atoms with Crippen molar-refractivity contribution in [1.82, 2.24) is 105 Å². The molecule has 1 aliphatic rings. The molecule has 11 aromatic heterocycles. The lowest BCUT2D eigenvalue weighted by atomic mass is 9.93. The molecule has 0 bridgehead atoms. The van der Waals surface area contributed by atoms with Crippen molar-refractivity contribution < 1.29 is 38.4 Å². The number of Topliss-reactive ketones (excluding diaryl/α,β-unsaturated/α-hetero) is 2. The largest absolute Gasteiger partial charge is 0.340 e. The summed E-state index contributed by atoms with van der Waals surface area (Å²) < 4.78 is 3.49. The number of carbonyl (C=O) groups excluding carboxylic acids is 8. The predicted molar refractivity (Wildman–Crippen MR) is 449 cm³/mol. The highest BCUT2D eigenvalue weighted by Gasteiger charge is 2.29. The molecule has 33 heteroatoms. The lowest BCUT2D eigenvalue weighted by molar-refractivity contribution is 0.0922. The van der Waals surface area contributed by atoms with Crippen molar-refractivity contribution in [3.8, 4) is 44.5 Å². The molecule has 1 fully saturated rings. The summed E-state index contributed by atoms with van der Waals surface area (Å²) in [4.78, 5) is 160. The van der Waals surface area contributed by atoms with E-state index >= 15 is 0 Å². The van der Waals surface area contributed by atoms with Gasteiger partial charge in [-0.05, 0) is 161 Å². The quantitative estimate of drug-likeness (QED) is 0.0265. The van der Waals surface area contributed by atoms with Gasteiger partial charge in [0, 0.05) is 166 Å². The molecule has 33 nitrogen and oxygen atoms in total. The standard InChI is InChI=1S/C23H22N6O2.C21H21N7O2.C21H23N5O2.C20H19N7O2/c1-2-25-23(31)29-22-27-19-13-16(15-6-5-10-24-14-15)12-18(21(19)28-22)20(30)9-8-17-7-3-4-11-26-17;1-3-23-21(30)27-20-25-16-11-14(13-6-5-7-22-12-13)10-15(17(16)26-20)18(29)19-24-8-9-28(19)4-2;1-2-23-21(28)26-20-24-17-11-15(14-8-5-9-22-12-14)10-16(18(17)25-20)19(27)13-6-3-4-7-13;1-3-22-20(29)26-19-24-15-8-13(12-5-4-6-21-9-12)7-14(17(15)25-19)18(28)16-10-27(2)11-23-16/h3-7,10-14H,2,8-9H2,1H3,(H3,25,27,28,29,31);5-12H,3-4H2,1-2H3,(H3,23,25,26,27,30);5,8-13H,2-4,6-7H2,1H3,(H3,23,24,25,26,28);4-11H,3H2,1-2H3,(H3,22,24,25,26,29). The summed E-state index contributed by atoms with van der Waals surface area (Å²) in [5, 5.41) is 21.3. The van der Waals surface area contributed by atoms with E-state index in [-0.39, 0.29) is 71.0 Å². The number of nitrogens with zero attached hydrogens (tertiary/aromatic N) is 13. The molecule has 0 radical (unpaired) electrons. The number of carbonyl (C=O) groups is 8. The SMILES string of the molecule is CCNC(=O)Nc1nc2c(C(=O)C3CCCC3)cc(-c3cccnc3)cc2[nH]1.CCNC(=O)Nc1nc2c(C(=O)CCc3ccccn3)cc(-c3cccnc3)cc2[nH]1.CCNC(=O)Nc1nc2c(C(=O)c3cn(C)cn3)cc(-c3cccnc3)cc2[nH]1.CCNC(=O)Nc1nc2c(C(=O)c3nccn3CC)cc(-c3cccnc3)cc2[nH]1. The van der Waals surface area contributed by atoms with E-state index in [9.17, 15) is 38.4 Å². The fraction of sp³-hybridized carbons (Fsp3) is 0.212. The molecule has 12 N–H and O–H groups in total. The number of pyridine rings is 5. The van der Waals surface area contributed by atoms with Gasteiger partial charge in [0.15, 0.2) is 17.4 Å². The minimum atomic E-state index is -0.378. The third-order valence-electron chi connectivity index (χ3n) is 18.9. The average molecular weight is 1580 g/mol. The summed E-state index contributed by atoms with van der Waals surface area (Å²) >= 11 is 0. The molecule has 0 spiro atoms. The zero-order valence-electron chi connectivity index (χ0n) is 65.4. The Balaban J connectivity index is 0.000000136. The van der Waals surface area contributed by atoms with Crippen LogP contribution in [0.4, 0.5) is 43.0 Å². The molecule has 16 rings (SSSR count). The first kappa shape index (κ1) is 80.7. The van der Waals surface area contributed by atoms with E-state index in [1.54, 1.807) is 109 Å². The molecule has 0 atom stereocenters. The second kappa shape index (κ2) is 38.0. The van der Waals surface area contributed by atoms with Crippen molar-refractivity contribution >= 4 is 115 Å². The molecule has 1 aliphatic carbocycles. The van der Waals surface area contributed by atoms with Crippen LogP contribution in [0.25, 0.3) is 88.6 Å². The monoisotopic (exact) mass is 1580 g/mol. The number of amides is 8. The van der Waals surface area contributed by atoms with Gasteiger partial charge in [0.05, 0.1) is 39.5 Å². The average Bonchev–Trinajstić information content (AvgIpc) is 1.64. The van der Waals surface area contributed by atoms with Crippen LogP contribution in [-0.2, 0) is 20.0 Å². The van der Waals surface area contributed by atoms with Crippen molar-refractivity contribution in [2.75, 3.05) is 47.4 Å². The lowest BCUT2D eigenvalue weighted by Gasteiger charge is -2.10. The Bertz CT molecular complexity index is 6090. The van der Waals surface area contributed by atoms with Crippen LogP contribution in [0, 0.1) is 5.92 Å². The molecule has 118 heavy (non-hydrogen) atoms. The number of imidazole rings is 6. The maximum absolute atomic E-state index is 13.4. The Morgan fingerprint density at radius 2 is 0.822 bits per heavy atom. The number of benzene rings is 4. The second-order valence-corrected chi connectivity index (χ2v) is 27.1. The number of ketones is 4. The molecule has 15 aromatic rings. The summed E-state index contributed by atoms with van der Waals surface area (Å²) in [7, 11) is 1.80. The van der Waals surface area contributed by atoms with E-state index in [0.717, 1.165) is 81.4 Å². The van der Waals surface area contributed by atoms with Crippen LogP contribution in [0.2, 0.25) is 0 Å². The van der Waals surface area contributed by atoms with Crippen LogP contribution in [0.1, 0.15) is 125 Å². The van der Waals surface area contributed by atoms with Gasteiger partial charge >= 0.3 is 24.1 Å². The molecule has 1 saturated carbocycles. The van der Waals surface area contributed by atoms with Crippen LogP contribution in [-0.4, -0.2) is 157 Å². The van der Waals surface area contributed by atoms with E-state index < -0.39 is 0 Å². The zero-order chi connectivity index (χ0) is 82.6. The predicted octanol–water partition coefficient (Wildman–Crippen LogP) is 14.1. The van der Waals surface area contributed by atoms with Gasteiger partial charge in [-0.15, -0.1) is 0 Å². The fourth-order valence-corrected chi connectivity index (χ4v) is 13.4. The first-order chi connectivity index (χ1) is 57.4. The Morgan fingerprint density at radius 3 is 1.19 bits per heavy atom. The third-order valence-corrected chi connectivity index (χ3v) is 18.9. The Hall–Kier alpha value is -15.3. The zero-order valence-corrected chi connectivity index (χ0v) is 65.4. The van der Waals surface area contributed by atoms with Crippen molar-refractivity contribution in [1.29, 1.82) is 0 Å². The highest BCUT2D eigenvalue weighted by atomic mass is 16.2. The number of rotatable bonds is 23. The number of aromatic nitrogens is 17. The van der Waals surface area contributed by atoms with E-state index in [2.05, 4.69) is 117 Å². The highest BCUT2D eigenvalue weighted by Crippen LogP contribution is 2.36. The first-order valence-electron chi connectivity index (χ1n) is 38.5. The van der Waals surface area contributed by atoms with E-state index in [1.165, 1.54) is 0 Å². The van der Waals surface area contributed by atoms with Crippen molar-refractivity contribution in [3.63, 3.8) is 0 Å². The Morgan fingerprint density at radius 1 is 0.424 bits per heavy atom. The van der Waals surface area contributed by atoms with Gasteiger partial charge in [-0.3, -0.25) is 65.4 Å². The number of H-pyrrole nitrogens is 4. The number of nitrogens with one attached hydrogen (secondary N) is 12. The third kappa shape index (κ3) is 19.6. The molecule has 0 saturated heterocycles. The summed E-state index contributed by atoms with van der Waals surface area (Å²) in [5.74, 6) is 1.09. The van der Waals surface area contributed by atoms with Crippen LogP contribution >= 0.6 is 0 Å². The fourth-order valence-electron chi connectivity index (χ4n) is 13.4. The molecular weight excluding hydrogens is 1500 g/mol. The second-order valence-electron chi connectivity index (χ2n) is 27.1. The Kier molecular flexibility index (Phi) is 26.0. The molecule has 0 aliphatic heterocycles. The van der Waals surface area contributed by atoms with Crippen molar-refractivity contribution in [2.45, 2.75) is 79.7 Å². The normalized spacial score (nSPS) is 11.6. The number of aromatic amines is 4. The van der Waals surface area contributed by atoms with Crippen molar-refractivity contribution in [3.05, 3.63) is 235 Å². The van der Waals surface area contributed by atoms with Gasteiger partial charge in [-0.1, -0.05) is 43.2 Å². The number of fused-ring (bicyclic) bond motifs is 4. The van der Waals surface area contributed by atoms with Gasteiger partial charge in [0.1, 0.15) is 27.8 Å². The van der Waals surface area contributed by atoms with Crippen molar-refractivity contribution in [2.24, 2.45) is 13.0 Å². The molecule has 4 aromatic carbocycles. The van der Waals surface area contributed by atoms with Gasteiger partial charge in [-0.25, -0.2) is 49.1 Å². The van der Waals surface area contributed by atoms with Gasteiger partial charge in [0.2, 0.25) is 35.4 Å². The molecular formula is C85H85N25O8. The number of hydrogen-bond donors (Lipinski definition) is 12. The molecule has 598 valence electrons. The number of urea groups is 4. The van der Waals surface area contributed by atoms with Crippen LogP contribution in [0.3, 0.4) is 0 Å². The minimum absolute atomic E-state index is 0.0440. The summed E-state index contributed by atoms with van der Waals surface area (Å²) in [6.45, 7) is 11.9. The van der Waals surface area contributed by atoms with E-state index in [4.69, 9.17) is 0 Å². The highest BCUT2D eigenvalue weighted by molar-refractivity contribution is 6.17. The molecule has 8 amide bonds. The number of anilines is 4. The van der Waals surface area contributed by atoms with E-state index in [1.807, 2.05) is 138 Å². The minimum Gasteiger partial charge on any atom is -0.340 e. The van der Waals surface area contributed by atoms with Crippen LogP contribution in [0.5, 0.6) is 0 Å². The van der Waals surface area contributed by atoms with Gasteiger partial charge in [0.25, 0.3) is 0 Å². The van der Waals surface area contributed by atoms with Gasteiger partial charge < -0.3 is 50.3 Å². The summed E-state index contributed by atoms with van der Waals surface area (Å²) in [5.41, 5.74) is 14.6. The topological polar surface area (TPSA) is 448 Å². The smallest absolute Gasteiger partial charge is 0.321 e. The van der Waals surface area contributed by atoms with Crippen LogP contribution in [0.15, 0.2) is 196 Å². The molecule has 11 heterocycles. The first-order valence-corrected chi connectivity index (χ1v) is 38.5. The summed E-state index contributed by atoms with van der Waals surface area (Å²) in [6, 6.07) is 34.2.